The summed E-state index contributed by atoms with van der Waals surface area (Å²) in [6, 6.07) is 5.22. The van der Waals surface area contributed by atoms with E-state index in [1.54, 1.807) is 0 Å². The number of alkyl halides is 3. The van der Waals surface area contributed by atoms with E-state index >= 15 is 0 Å². The van der Waals surface area contributed by atoms with Crippen LogP contribution in [0.3, 0.4) is 0 Å². The third-order valence-electron chi connectivity index (χ3n) is 2.87. The molecule has 0 aromatic heterocycles. The number of unbranched alkanes of at least 4 members (excludes halogenated alkanes) is 3. The summed E-state index contributed by atoms with van der Waals surface area (Å²) in [6.07, 6.45) is -0.350. The van der Waals surface area contributed by atoms with Crippen LogP contribution in [0.4, 0.5) is 13.2 Å². The highest BCUT2D eigenvalue weighted by atomic mass is 19.4. The van der Waals surface area contributed by atoms with Gasteiger partial charge in [0.25, 0.3) is 0 Å². The summed E-state index contributed by atoms with van der Waals surface area (Å²) in [5.41, 5.74) is 0.239. The lowest BCUT2D eigenvalue weighted by molar-refractivity contribution is -0.137. The fourth-order valence-electron chi connectivity index (χ4n) is 1.76. The molecule has 0 saturated carbocycles. The maximum absolute atomic E-state index is 12.3. The number of hydrogen-bond donors (Lipinski definition) is 2. The van der Waals surface area contributed by atoms with Crippen LogP contribution in [-0.2, 0) is 12.7 Å². The molecule has 1 rings (SSSR count). The van der Waals surface area contributed by atoms with E-state index in [9.17, 15) is 13.2 Å². The maximum atomic E-state index is 12.3. The van der Waals surface area contributed by atoms with E-state index in [1.807, 2.05) is 0 Å². The van der Waals surface area contributed by atoms with Crippen LogP contribution in [0.15, 0.2) is 24.3 Å². The van der Waals surface area contributed by atoms with Crippen molar-refractivity contribution in [1.29, 1.82) is 0 Å². The third-order valence-corrected chi connectivity index (χ3v) is 2.87. The van der Waals surface area contributed by atoms with Crippen LogP contribution in [0, 0.1) is 0 Å². The molecule has 0 spiro atoms. The highest BCUT2D eigenvalue weighted by molar-refractivity contribution is 5.24. The van der Waals surface area contributed by atoms with Crippen molar-refractivity contribution in [3.8, 4) is 0 Å². The molecule has 2 N–H and O–H groups in total. The highest BCUT2D eigenvalue weighted by Gasteiger charge is 2.29. The zero-order valence-electron chi connectivity index (χ0n) is 10.8. The first kappa shape index (κ1) is 16.0. The minimum atomic E-state index is -4.27. The van der Waals surface area contributed by atoms with Gasteiger partial charge < -0.3 is 10.4 Å². The zero-order chi connectivity index (χ0) is 14.1. The first-order chi connectivity index (χ1) is 9.04. The molecule has 0 unspecified atom stereocenters. The summed E-state index contributed by atoms with van der Waals surface area (Å²) in [4.78, 5) is 0. The van der Waals surface area contributed by atoms with Gasteiger partial charge in [-0.3, -0.25) is 0 Å². The average molecular weight is 275 g/mol. The van der Waals surface area contributed by atoms with Crippen LogP contribution in [0.1, 0.15) is 36.8 Å². The van der Waals surface area contributed by atoms with Crippen LogP contribution in [-0.4, -0.2) is 18.3 Å². The summed E-state index contributed by atoms with van der Waals surface area (Å²) in [5.74, 6) is 0. The van der Waals surface area contributed by atoms with E-state index in [0.717, 1.165) is 49.9 Å². The van der Waals surface area contributed by atoms with Gasteiger partial charge in [0.15, 0.2) is 0 Å². The van der Waals surface area contributed by atoms with Crippen LogP contribution >= 0.6 is 0 Å². The molecular weight excluding hydrogens is 255 g/mol. The molecule has 0 saturated heterocycles. The lowest BCUT2D eigenvalue weighted by Gasteiger charge is -2.08. The van der Waals surface area contributed by atoms with E-state index in [0.29, 0.717) is 6.54 Å². The Labute approximate surface area is 111 Å². The van der Waals surface area contributed by atoms with Crippen molar-refractivity contribution < 1.29 is 18.3 Å². The van der Waals surface area contributed by atoms with E-state index in [1.165, 1.54) is 12.1 Å². The number of benzene rings is 1. The van der Waals surface area contributed by atoms with Crippen molar-refractivity contribution in [1.82, 2.24) is 5.32 Å². The lowest BCUT2D eigenvalue weighted by atomic mass is 10.1. The van der Waals surface area contributed by atoms with E-state index in [-0.39, 0.29) is 6.61 Å². The van der Waals surface area contributed by atoms with Gasteiger partial charge in [0.05, 0.1) is 5.56 Å². The molecule has 0 amide bonds. The number of hydrogen-bond acceptors (Lipinski definition) is 2. The van der Waals surface area contributed by atoms with Crippen LogP contribution in [0.5, 0.6) is 0 Å². The van der Waals surface area contributed by atoms with Gasteiger partial charge in [-0.15, -0.1) is 0 Å². The highest BCUT2D eigenvalue weighted by Crippen LogP contribution is 2.28. The third kappa shape index (κ3) is 6.59. The molecule has 0 atom stereocenters. The Balaban J connectivity index is 2.20. The summed E-state index contributed by atoms with van der Waals surface area (Å²) in [7, 11) is 0. The summed E-state index contributed by atoms with van der Waals surface area (Å²) >= 11 is 0. The molecule has 0 bridgehead atoms. The van der Waals surface area contributed by atoms with Crippen molar-refractivity contribution in [2.45, 2.75) is 38.4 Å². The Morgan fingerprint density at radius 3 is 2.16 bits per heavy atom. The summed E-state index contributed by atoms with van der Waals surface area (Å²) < 4.78 is 37.0. The maximum Gasteiger partial charge on any atom is 0.416 e. The van der Waals surface area contributed by atoms with Gasteiger partial charge in [0.1, 0.15) is 0 Å². The second-order valence-corrected chi connectivity index (χ2v) is 4.51. The SMILES string of the molecule is OCCCCCCNCc1ccc(C(F)(F)F)cc1. The zero-order valence-corrected chi connectivity index (χ0v) is 10.8. The van der Waals surface area contributed by atoms with Gasteiger partial charge in [0, 0.05) is 13.2 Å². The summed E-state index contributed by atoms with van der Waals surface area (Å²) in [5, 5.41) is 11.8. The number of aliphatic hydroxyl groups excluding tert-OH is 1. The molecular formula is C14H20F3NO. The Bertz CT molecular complexity index is 349. The largest absolute Gasteiger partial charge is 0.416 e. The number of halogens is 3. The average Bonchev–Trinajstić information content (AvgIpc) is 2.37. The molecule has 0 aliphatic rings. The molecule has 19 heavy (non-hydrogen) atoms. The van der Waals surface area contributed by atoms with Gasteiger partial charge in [-0.05, 0) is 37.1 Å². The topological polar surface area (TPSA) is 32.3 Å². The van der Waals surface area contributed by atoms with Gasteiger partial charge >= 0.3 is 6.18 Å². The molecule has 0 aliphatic heterocycles. The van der Waals surface area contributed by atoms with Crippen molar-refractivity contribution in [3.05, 3.63) is 35.4 Å². The van der Waals surface area contributed by atoms with Crippen molar-refractivity contribution in [3.63, 3.8) is 0 Å². The predicted molar refractivity (Wildman–Crippen MR) is 68.7 cm³/mol. The van der Waals surface area contributed by atoms with Crippen molar-refractivity contribution in [2.75, 3.05) is 13.2 Å². The molecule has 0 aliphatic carbocycles. The molecule has 5 heteroatoms. The molecule has 1 aromatic rings. The van der Waals surface area contributed by atoms with Crippen LogP contribution in [0.2, 0.25) is 0 Å². The number of rotatable bonds is 8. The Kier molecular flexibility index (Phi) is 6.87. The standard InChI is InChI=1S/C14H20F3NO/c15-14(16,17)13-7-5-12(6-8-13)11-18-9-3-1-2-4-10-19/h5-8,18-19H,1-4,9-11H2. The van der Waals surface area contributed by atoms with Crippen LogP contribution < -0.4 is 5.32 Å². The second-order valence-electron chi connectivity index (χ2n) is 4.51. The van der Waals surface area contributed by atoms with Gasteiger partial charge in [-0.25, -0.2) is 0 Å². The van der Waals surface area contributed by atoms with E-state index in [4.69, 9.17) is 5.11 Å². The monoisotopic (exact) mass is 275 g/mol. The Morgan fingerprint density at radius 1 is 0.947 bits per heavy atom. The number of aliphatic hydroxyl groups is 1. The Hall–Kier alpha value is -1.07. The van der Waals surface area contributed by atoms with Crippen molar-refractivity contribution >= 4 is 0 Å². The van der Waals surface area contributed by atoms with E-state index in [2.05, 4.69) is 5.32 Å². The smallest absolute Gasteiger partial charge is 0.396 e. The minimum Gasteiger partial charge on any atom is -0.396 e. The minimum absolute atomic E-state index is 0.235. The van der Waals surface area contributed by atoms with E-state index < -0.39 is 11.7 Å². The van der Waals surface area contributed by atoms with Gasteiger partial charge in [-0.2, -0.15) is 13.2 Å². The predicted octanol–water partition coefficient (Wildman–Crippen LogP) is 3.35. The second kappa shape index (κ2) is 8.17. The Morgan fingerprint density at radius 2 is 1.58 bits per heavy atom. The normalized spacial score (nSPS) is 11.8. The fraction of sp³-hybridized carbons (Fsp3) is 0.571. The first-order valence-corrected chi connectivity index (χ1v) is 6.52. The van der Waals surface area contributed by atoms with Crippen molar-refractivity contribution in [2.24, 2.45) is 0 Å². The first-order valence-electron chi connectivity index (χ1n) is 6.52. The fourth-order valence-corrected chi connectivity index (χ4v) is 1.76. The summed E-state index contributed by atoms with van der Waals surface area (Å²) in [6.45, 7) is 1.66. The molecule has 2 nitrogen and oxygen atoms in total. The van der Waals surface area contributed by atoms with Gasteiger partial charge in [0.2, 0.25) is 0 Å². The quantitative estimate of drug-likeness (QED) is 0.713. The molecule has 1 aromatic carbocycles. The molecule has 0 heterocycles. The molecule has 108 valence electrons. The molecule has 0 fully saturated rings. The van der Waals surface area contributed by atoms with Crippen LogP contribution in [0.25, 0.3) is 0 Å². The number of nitrogens with one attached hydrogen (secondary N) is 1. The lowest BCUT2D eigenvalue weighted by Crippen LogP contribution is -2.15. The molecule has 0 radical (unpaired) electrons. The van der Waals surface area contributed by atoms with Gasteiger partial charge in [-0.1, -0.05) is 25.0 Å².